The summed E-state index contributed by atoms with van der Waals surface area (Å²) in [7, 11) is 7.82. The Labute approximate surface area is 329 Å². The first-order valence-corrected chi connectivity index (χ1v) is 18.9. The number of unbranched alkanes of at least 4 members (excludes halogenated alkanes) is 1. The molecule has 0 bridgehead atoms. The average molecular weight is 794 g/mol. The van der Waals surface area contributed by atoms with Crippen molar-refractivity contribution < 1.29 is 18.3 Å². The summed E-state index contributed by atoms with van der Waals surface area (Å²) in [5.74, 6) is -0.330. The molecule has 0 unspecified atom stereocenters. The number of benzene rings is 2. The number of methoxy groups -OCH3 is 1. The monoisotopic (exact) mass is 793 g/mol. The molecule has 5 aromatic rings. The van der Waals surface area contributed by atoms with Gasteiger partial charge in [0.1, 0.15) is 11.2 Å². The zero-order chi connectivity index (χ0) is 41.1. The quantitative estimate of drug-likeness (QED) is 0.105. The third kappa shape index (κ3) is 9.51. The third-order valence-electron chi connectivity index (χ3n) is 9.28. The SMILES string of the molecule is CC.CNCCCCNC(=O)NC.COc1nc(-c2cccc(-c3cccc(Nc4nc(C(F)F)nc5c4c(=O)n(C)c(=O)n5C)c3C)c2Cl)cc2c1CCC2. The molecule has 13 nitrogen and oxygen atoms in total. The summed E-state index contributed by atoms with van der Waals surface area (Å²) < 4.78 is 35.1. The van der Waals surface area contributed by atoms with Gasteiger partial charge in [-0.2, -0.15) is 0 Å². The van der Waals surface area contributed by atoms with E-state index < -0.39 is 23.5 Å². The summed E-state index contributed by atoms with van der Waals surface area (Å²) in [5, 5.41) is 11.7. The van der Waals surface area contributed by atoms with Crippen LogP contribution in [0.25, 0.3) is 33.4 Å². The van der Waals surface area contributed by atoms with Crippen LogP contribution in [0.5, 0.6) is 5.88 Å². The van der Waals surface area contributed by atoms with E-state index >= 15 is 0 Å². The number of halogens is 3. The van der Waals surface area contributed by atoms with Gasteiger partial charge in [-0.1, -0.05) is 55.8 Å². The molecule has 3 heterocycles. The fourth-order valence-corrected chi connectivity index (χ4v) is 6.69. The van der Waals surface area contributed by atoms with E-state index in [1.165, 1.54) is 19.7 Å². The maximum absolute atomic E-state index is 13.8. The van der Waals surface area contributed by atoms with Crippen LogP contribution >= 0.6 is 11.6 Å². The van der Waals surface area contributed by atoms with Crippen LogP contribution in [-0.4, -0.2) is 64.4 Å². The topological polar surface area (TPSA) is 157 Å². The van der Waals surface area contributed by atoms with Gasteiger partial charge in [0.15, 0.2) is 11.5 Å². The van der Waals surface area contributed by atoms with Crippen molar-refractivity contribution in [2.75, 3.05) is 39.6 Å². The van der Waals surface area contributed by atoms with E-state index in [0.29, 0.717) is 22.3 Å². The number of carbonyl (C=O) groups excluding carboxylic acids is 1. The van der Waals surface area contributed by atoms with Crippen LogP contribution in [-0.2, 0) is 26.9 Å². The Morgan fingerprint density at radius 3 is 2.30 bits per heavy atom. The summed E-state index contributed by atoms with van der Waals surface area (Å²) >= 11 is 7.03. The summed E-state index contributed by atoms with van der Waals surface area (Å²) in [6.45, 7) is 7.61. The number of fused-ring (bicyclic) bond motifs is 2. The third-order valence-corrected chi connectivity index (χ3v) is 9.68. The van der Waals surface area contributed by atoms with Crippen LogP contribution in [0.4, 0.5) is 25.1 Å². The number of alkyl halides is 2. The Morgan fingerprint density at radius 1 is 0.946 bits per heavy atom. The first kappa shape index (κ1) is 43.3. The van der Waals surface area contributed by atoms with E-state index in [4.69, 9.17) is 21.3 Å². The number of hydrogen-bond acceptors (Lipinski definition) is 9. The highest BCUT2D eigenvalue weighted by Gasteiger charge is 2.23. The Hall–Kier alpha value is -5.41. The Kier molecular flexibility index (Phi) is 15.4. The van der Waals surface area contributed by atoms with Gasteiger partial charge in [0.25, 0.3) is 12.0 Å². The fourth-order valence-electron chi connectivity index (χ4n) is 6.36. The van der Waals surface area contributed by atoms with Gasteiger partial charge < -0.3 is 26.0 Å². The number of anilines is 2. The van der Waals surface area contributed by atoms with E-state index in [0.717, 1.165) is 82.1 Å². The molecule has 300 valence electrons. The second kappa shape index (κ2) is 20.0. The normalized spacial score (nSPS) is 11.6. The highest BCUT2D eigenvalue weighted by Crippen LogP contribution is 2.41. The molecule has 0 radical (unpaired) electrons. The number of nitrogens with zero attached hydrogens (tertiary/aromatic N) is 5. The predicted octanol–water partition coefficient (Wildman–Crippen LogP) is 6.84. The summed E-state index contributed by atoms with van der Waals surface area (Å²) in [5.41, 5.74) is 4.96. The fraction of sp³-hybridized carbons (Fsp3) is 0.400. The van der Waals surface area contributed by atoms with Crippen LogP contribution in [0.15, 0.2) is 52.1 Å². The molecular formula is C40H50ClF2N9O4. The molecule has 16 heteroatoms. The molecule has 0 spiro atoms. The van der Waals surface area contributed by atoms with Crippen molar-refractivity contribution in [3.8, 4) is 28.3 Å². The summed E-state index contributed by atoms with van der Waals surface area (Å²) in [6, 6.07) is 13.1. The molecule has 0 aliphatic heterocycles. The first-order chi connectivity index (χ1) is 26.9. The van der Waals surface area contributed by atoms with Gasteiger partial charge in [0.05, 0.1) is 17.8 Å². The minimum Gasteiger partial charge on any atom is -0.481 e. The van der Waals surface area contributed by atoms with Gasteiger partial charge in [-0.05, 0) is 81.4 Å². The van der Waals surface area contributed by atoms with Crippen molar-refractivity contribution in [3.63, 3.8) is 0 Å². The van der Waals surface area contributed by atoms with Crippen LogP contribution in [0, 0.1) is 6.92 Å². The summed E-state index contributed by atoms with van der Waals surface area (Å²) in [4.78, 5) is 48.8. The number of pyridine rings is 1. The summed E-state index contributed by atoms with van der Waals surface area (Å²) in [6.07, 6.45) is 2.03. The smallest absolute Gasteiger partial charge is 0.332 e. The molecule has 0 atom stereocenters. The maximum Gasteiger partial charge on any atom is 0.332 e. The number of rotatable bonds is 11. The highest BCUT2D eigenvalue weighted by molar-refractivity contribution is 6.36. The Bertz CT molecular complexity index is 2300. The number of hydrogen-bond donors (Lipinski definition) is 4. The van der Waals surface area contributed by atoms with Gasteiger partial charge in [-0.25, -0.2) is 33.3 Å². The van der Waals surface area contributed by atoms with Crippen molar-refractivity contribution in [3.05, 3.63) is 90.8 Å². The second-order valence-electron chi connectivity index (χ2n) is 12.7. The molecule has 1 aliphatic rings. The molecule has 2 amide bonds. The Morgan fingerprint density at radius 2 is 1.62 bits per heavy atom. The van der Waals surface area contributed by atoms with Crippen LogP contribution < -0.4 is 37.3 Å². The van der Waals surface area contributed by atoms with Gasteiger partial charge in [0, 0.05) is 50.1 Å². The largest absolute Gasteiger partial charge is 0.481 e. The van der Waals surface area contributed by atoms with E-state index in [-0.39, 0.29) is 22.9 Å². The van der Waals surface area contributed by atoms with Gasteiger partial charge >= 0.3 is 11.7 Å². The number of aryl methyl sites for hydroxylation is 2. The number of nitrogens with one attached hydrogen (secondary N) is 4. The lowest BCUT2D eigenvalue weighted by Crippen LogP contribution is -2.38. The maximum atomic E-state index is 13.8. The van der Waals surface area contributed by atoms with Crippen molar-refractivity contribution >= 4 is 40.2 Å². The standard InChI is InChI=1S/C31H27ClF2N6O3.C7H17N3O.C2H6/c1-15-17(19-11-6-12-20(24(19)32)22-14-16-8-5-10-18(16)29(36-22)43-4)9-7-13-21(15)35-26-23-28(38-27(37-26)25(33)34)39(2)31(42)40(3)30(23)41;1-8-5-3-4-6-10-7(11)9-2;1-2/h6-7,9,11-14,25H,5,8,10H2,1-4H3,(H,35,37,38);8H,3-6H2,1-2H3,(H2,9,10,11);1-2H3. The zero-order valence-corrected chi connectivity index (χ0v) is 33.8. The van der Waals surface area contributed by atoms with Crippen molar-refractivity contribution in [2.24, 2.45) is 14.1 Å². The lowest BCUT2D eigenvalue weighted by molar-refractivity contribution is 0.141. The number of urea groups is 1. The molecule has 4 N–H and O–H groups in total. The minimum atomic E-state index is -3.02. The molecule has 0 saturated carbocycles. The number of carbonyl (C=O) groups is 1. The molecule has 56 heavy (non-hydrogen) atoms. The lowest BCUT2D eigenvalue weighted by atomic mass is 9.96. The molecular weight excluding hydrogens is 744 g/mol. The average Bonchev–Trinajstić information content (AvgIpc) is 3.69. The molecule has 0 saturated heterocycles. The molecule has 0 fully saturated rings. The second-order valence-corrected chi connectivity index (χ2v) is 13.1. The predicted molar refractivity (Wildman–Crippen MR) is 219 cm³/mol. The minimum absolute atomic E-state index is 0.0875. The Balaban J connectivity index is 0.000000464. The molecule has 2 aromatic carbocycles. The first-order valence-electron chi connectivity index (χ1n) is 18.5. The van der Waals surface area contributed by atoms with Gasteiger partial charge in [-0.15, -0.1) is 0 Å². The van der Waals surface area contributed by atoms with E-state index in [1.807, 2.05) is 52.1 Å². The van der Waals surface area contributed by atoms with Crippen molar-refractivity contribution in [2.45, 2.75) is 59.3 Å². The van der Waals surface area contributed by atoms with E-state index in [1.54, 1.807) is 26.3 Å². The van der Waals surface area contributed by atoms with Gasteiger partial charge in [0.2, 0.25) is 5.88 Å². The number of amides is 2. The van der Waals surface area contributed by atoms with E-state index in [9.17, 15) is 23.2 Å². The molecule has 3 aromatic heterocycles. The van der Waals surface area contributed by atoms with Gasteiger partial charge in [-0.3, -0.25) is 13.9 Å². The van der Waals surface area contributed by atoms with Crippen molar-refractivity contribution in [1.82, 2.24) is 40.0 Å². The van der Waals surface area contributed by atoms with Crippen molar-refractivity contribution in [1.29, 1.82) is 0 Å². The van der Waals surface area contributed by atoms with Crippen LogP contribution in [0.1, 0.15) is 62.1 Å². The lowest BCUT2D eigenvalue weighted by Gasteiger charge is -2.17. The zero-order valence-electron chi connectivity index (χ0n) is 33.1. The number of aromatic nitrogens is 5. The highest BCUT2D eigenvalue weighted by atomic mass is 35.5. The van der Waals surface area contributed by atoms with Crippen LogP contribution in [0.2, 0.25) is 5.02 Å². The molecule has 6 rings (SSSR count). The number of ether oxygens (including phenoxy) is 1. The van der Waals surface area contributed by atoms with E-state index in [2.05, 4.69) is 37.3 Å². The van der Waals surface area contributed by atoms with Crippen LogP contribution in [0.3, 0.4) is 0 Å². The molecule has 1 aliphatic carbocycles.